The van der Waals surface area contributed by atoms with E-state index in [9.17, 15) is 9.36 Å². The van der Waals surface area contributed by atoms with Crippen molar-refractivity contribution in [1.29, 1.82) is 0 Å². The second-order valence-corrected chi connectivity index (χ2v) is 2.61. The van der Waals surface area contributed by atoms with Crippen LogP contribution in [0.2, 0.25) is 0 Å². The van der Waals surface area contributed by atoms with E-state index in [0.717, 1.165) is 0 Å². The standard InChI is InChI=1S/C5H10O4P/c1-3-4-5(6)9-10(7)8-2/h3-4H2,1-2H3/q+1. The Hall–Kier alpha value is -0.470. The van der Waals surface area contributed by atoms with E-state index in [0.29, 0.717) is 6.42 Å². The zero-order valence-corrected chi connectivity index (χ0v) is 6.89. The molecule has 0 aliphatic rings. The molecule has 0 aliphatic heterocycles. The van der Waals surface area contributed by atoms with Crippen molar-refractivity contribution in [2.24, 2.45) is 0 Å². The first-order valence-electron chi connectivity index (χ1n) is 2.92. The minimum Gasteiger partial charge on any atom is -0.247 e. The molecule has 0 aliphatic carbocycles. The molecule has 0 aromatic rings. The summed E-state index contributed by atoms with van der Waals surface area (Å²) in [4.78, 5) is 10.5. The molecule has 0 N–H and O–H groups in total. The van der Waals surface area contributed by atoms with Crippen LogP contribution >= 0.6 is 8.25 Å². The lowest BCUT2D eigenvalue weighted by Crippen LogP contribution is -1.96. The Kier molecular flexibility index (Phi) is 5.08. The van der Waals surface area contributed by atoms with Crippen molar-refractivity contribution in [2.45, 2.75) is 19.8 Å². The molecule has 0 heterocycles. The van der Waals surface area contributed by atoms with Crippen LogP contribution in [0.25, 0.3) is 0 Å². The summed E-state index contributed by atoms with van der Waals surface area (Å²) in [5.41, 5.74) is 0. The SMILES string of the molecule is CCCC(=O)O[P+](=O)OC. The van der Waals surface area contributed by atoms with Gasteiger partial charge in [-0.3, -0.25) is 0 Å². The van der Waals surface area contributed by atoms with Crippen molar-refractivity contribution in [3.05, 3.63) is 0 Å². The third kappa shape index (κ3) is 4.41. The highest BCUT2D eigenvalue weighted by atomic mass is 31.1. The van der Waals surface area contributed by atoms with Crippen LogP contribution in [0.5, 0.6) is 0 Å². The maximum Gasteiger partial charge on any atom is 0.752 e. The molecule has 0 saturated carbocycles. The first-order chi connectivity index (χ1) is 4.70. The minimum atomic E-state index is -2.23. The minimum absolute atomic E-state index is 0.282. The lowest BCUT2D eigenvalue weighted by Gasteiger charge is -1.85. The van der Waals surface area contributed by atoms with Crippen molar-refractivity contribution < 1.29 is 18.4 Å². The molecule has 0 radical (unpaired) electrons. The quantitative estimate of drug-likeness (QED) is 0.594. The van der Waals surface area contributed by atoms with Gasteiger partial charge in [-0.05, 0) is 6.42 Å². The topological polar surface area (TPSA) is 52.6 Å². The molecule has 0 saturated heterocycles. The van der Waals surface area contributed by atoms with Crippen LogP contribution in [-0.2, 0) is 18.4 Å². The van der Waals surface area contributed by atoms with Gasteiger partial charge in [-0.15, -0.1) is 4.52 Å². The maximum absolute atomic E-state index is 10.5. The van der Waals surface area contributed by atoms with E-state index < -0.39 is 14.2 Å². The second-order valence-electron chi connectivity index (χ2n) is 1.62. The first kappa shape index (κ1) is 9.53. The predicted molar refractivity (Wildman–Crippen MR) is 35.6 cm³/mol. The molecule has 5 heteroatoms. The van der Waals surface area contributed by atoms with Gasteiger partial charge < -0.3 is 0 Å². The van der Waals surface area contributed by atoms with E-state index in [1.54, 1.807) is 0 Å². The molecule has 1 atom stereocenters. The number of rotatable bonds is 4. The van der Waals surface area contributed by atoms with Gasteiger partial charge in [0.05, 0.1) is 13.5 Å². The molecule has 0 aromatic carbocycles. The van der Waals surface area contributed by atoms with Crippen LogP contribution in [0.15, 0.2) is 0 Å². The molecular formula is C5H10O4P+. The lowest BCUT2D eigenvalue weighted by molar-refractivity contribution is -0.134. The molecule has 0 amide bonds. The predicted octanol–water partition coefficient (Wildman–Crippen LogP) is 1.63. The average Bonchev–Trinajstić information content (AvgIpc) is 1.88. The largest absolute Gasteiger partial charge is 0.752 e. The summed E-state index contributed by atoms with van der Waals surface area (Å²) in [5.74, 6) is -0.481. The highest BCUT2D eigenvalue weighted by Crippen LogP contribution is 2.22. The van der Waals surface area contributed by atoms with Gasteiger partial charge in [0.2, 0.25) is 0 Å². The van der Waals surface area contributed by atoms with Crippen LogP contribution in [0.1, 0.15) is 19.8 Å². The van der Waals surface area contributed by atoms with E-state index in [4.69, 9.17) is 0 Å². The van der Waals surface area contributed by atoms with E-state index in [-0.39, 0.29) is 6.42 Å². The smallest absolute Gasteiger partial charge is 0.247 e. The third-order valence-electron chi connectivity index (χ3n) is 0.780. The Morgan fingerprint density at radius 1 is 1.60 bits per heavy atom. The number of carbonyl (C=O) groups excluding carboxylic acids is 1. The molecule has 10 heavy (non-hydrogen) atoms. The normalized spacial score (nSPS) is 10.8. The summed E-state index contributed by atoms with van der Waals surface area (Å²) in [6.45, 7) is 1.83. The Bertz CT molecular complexity index is 134. The van der Waals surface area contributed by atoms with Crippen molar-refractivity contribution in [2.75, 3.05) is 7.11 Å². The molecule has 0 bridgehead atoms. The van der Waals surface area contributed by atoms with Crippen LogP contribution in [-0.4, -0.2) is 13.1 Å². The lowest BCUT2D eigenvalue weighted by atomic mass is 10.4. The molecule has 0 spiro atoms. The maximum atomic E-state index is 10.5. The van der Waals surface area contributed by atoms with Crippen molar-refractivity contribution in [3.8, 4) is 0 Å². The van der Waals surface area contributed by atoms with Gasteiger partial charge in [-0.2, -0.15) is 4.52 Å². The Balaban J connectivity index is 3.47. The Morgan fingerprint density at radius 2 is 2.20 bits per heavy atom. The third-order valence-corrected chi connectivity index (χ3v) is 1.43. The highest BCUT2D eigenvalue weighted by Gasteiger charge is 2.22. The number of hydrogen-bond donors (Lipinski definition) is 0. The van der Waals surface area contributed by atoms with Gasteiger partial charge in [0, 0.05) is 4.57 Å². The van der Waals surface area contributed by atoms with Crippen LogP contribution < -0.4 is 0 Å². The molecular weight excluding hydrogens is 155 g/mol. The fourth-order valence-corrected chi connectivity index (χ4v) is 0.702. The van der Waals surface area contributed by atoms with Gasteiger partial charge in [-0.1, -0.05) is 6.92 Å². The van der Waals surface area contributed by atoms with Crippen LogP contribution in [0.4, 0.5) is 0 Å². The van der Waals surface area contributed by atoms with Crippen LogP contribution in [0.3, 0.4) is 0 Å². The van der Waals surface area contributed by atoms with Crippen molar-refractivity contribution in [1.82, 2.24) is 0 Å². The summed E-state index contributed by atoms with van der Waals surface area (Å²) in [7, 11) is -1.01. The summed E-state index contributed by atoms with van der Waals surface area (Å²) < 4.78 is 18.9. The second kappa shape index (κ2) is 5.33. The van der Waals surface area contributed by atoms with Gasteiger partial charge in [-0.25, -0.2) is 4.79 Å². The summed E-state index contributed by atoms with van der Waals surface area (Å²) in [6.07, 6.45) is 0.968. The fourth-order valence-electron chi connectivity index (χ4n) is 0.370. The zero-order valence-electron chi connectivity index (χ0n) is 5.99. The van der Waals surface area contributed by atoms with Gasteiger partial charge in [0.25, 0.3) is 0 Å². The zero-order chi connectivity index (χ0) is 7.98. The molecule has 58 valence electrons. The first-order valence-corrected chi connectivity index (χ1v) is 4.02. The fraction of sp³-hybridized carbons (Fsp3) is 0.800. The highest BCUT2D eigenvalue weighted by molar-refractivity contribution is 7.34. The summed E-state index contributed by atoms with van der Waals surface area (Å²) in [5, 5.41) is 0. The number of carbonyl (C=O) groups is 1. The number of hydrogen-bond acceptors (Lipinski definition) is 4. The van der Waals surface area contributed by atoms with Gasteiger partial charge in [0.15, 0.2) is 0 Å². The molecule has 0 rings (SSSR count). The average molecular weight is 165 g/mol. The molecule has 0 fully saturated rings. The van der Waals surface area contributed by atoms with Crippen molar-refractivity contribution >= 4 is 14.2 Å². The summed E-state index contributed by atoms with van der Waals surface area (Å²) in [6, 6.07) is 0. The molecule has 0 aromatic heterocycles. The van der Waals surface area contributed by atoms with Crippen LogP contribution in [0, 0.1) is 0 Å². The van der Waals surface area contributed by atoms with Gasteiger partial charge >= 0.3 is 14.2 Å². The van der Waals surface area contributed by atoms with E-state index in [1.165, 1.54) is 7.11 Å². The monoisotopic (exact) mass is 165 g/mol. The summed E-state index contributed by atoms with van der Waals surface area (Å²) >= 11 is 0. The molecule has 4 nitrogen and oxygen atoms in total. The Labute approximate surface area is 60.5 Å². The van der Waals surface area contributed by atoms with Crippen molar-refractivity contribution in [3.63, 3.8) is 0 Å². The van der Waals surface area contributed by atoms with E-state index in [1.807, 2.05) is 6.92 Å². The van der Waals surface area contributed by atoms with Gasteiger partial charge in [0.1, 0.15) is 0 Å². The van der Waals surface area contributed by atoms with E-state index >= 15 is 0 Å². The molecule has 1 unspecified atom stereocenters. The van der Waals surface area contributed by atoms with E-state index in [2.05, 4.69) is 9.05 Å². The Morgan fingerprint density at radius 3 is 2.60 bits per heavy atom.